The molecule has 1 amide bonds. The van der Waals surface area contributed by atoms with E-state index in [4.69, 9.17) is 0 Å². The highest BCUT2D eigenvalue weighted by Crippen LogP contribution is 2.28. The van der Waals surface area contributed by atoms with Crippen LogP contribution in [-0.2, 0) is 6.54 Å². The molecule has 1 aliphatic rings. The molecule has 0 unspecified atom stereocenters. The Morgan fingerprint density at radius 1 is 1.18 bits per heavy atom. The Morgan fingerprint density at radius 3 is 2.61 bits per heavy atom. The lowest BCUT2D eigenvalue weighted by Crippen LogP contribution is -2.38. The largest absolute Gasteiger partial charge is 0.378 e. The zero-order valence-corrected chi connectivity index (χ0v) is 17.6. The van der Waals surface area contributed by atoms with Crippen LogP contribution in [0.5, 0.6) is 0 Å². The number of piperidine rings is 1. The maximum atomic E-state index is 12.9. The minimum Gasteiger partial charge on any atom is -0.378 e. The Hall–Kier alpha value is -2.34. The van der Waals surface area contributed by atoms with E-state index in [9.17, 15) is 4.79 Å². The number of hydrogen-bond donors (Lipinski definition) is 0. The SMILES string of the molecule is CN(C)CCCn1ccnc1C1CCN(C(=O)c2cccc(N(C)C)c2)CC1. The minimum absolute atomic E-state index is 0.136. The molecule has 152 valence electrons. The predicted octanol–water partition coefficient (Wildman–Crippen LogP) is 2.92. The molecule has 2 heterocycles. The summed E-state index contributed by atoms with van der Waals surface area (Å²) >= 11 is 0. The molecule has 3 rings (SSSR count). The van der Waals surface area contributed by atoms with Crippen LogP contribution in [0.15, 0.2) is 36.7 Å². The average Bonchev–Trinajstić information content (AvgIpc) is 3.16. The molecule has 0 bridgehead atoms. The molecule has 6 nitrogen and oxygen atoms in total. The van der Waals surface area contributed by atoms with Crippen LogP contribution in [0.3, 0.4) is 0 Å². The third-order valence-corrected chi connectivity index (χ3v) is 5.51. The van der Waals surface area contributed by atoms with E-state index in [0.29, 0.717) is 5.92 Å². The van der Waals surface area contributed by atoms with Crippen LogP contribution < -0.4 is 4.90 Å². The lowest BCUT2D eigenvalue weighted by Gasteiger charge is -2.32. The maximum absolute atomic E-state index is 12.9. The number of aromatic nitrogens is 2. The van der Waals surface area contributed by atoms with Gasteiger partial charge in [-0.05, 0) is 58.1 Å². The first kappa shape index (κ1) is 20.4. The smallest absolute Gasteiger partial charge is 0.253 e. The van der Waals surface area contributed by atoms with Gasteiger partial charge in [0.15, 0.2) is 0 Å². The highest BCUT2D eigenvalue weighted by molar-refractivity contribution is 5.95. The van der Waals surface area contributed by atoms with Gasteiger partial charge >= 0.3 is 0 Å². The Bertz CT molecular complexity index is 775. The summed E-state index contributed by atoms with van der Waals surface area (Å²) in [5, 5.41) is 0. The standard InChI is InChI=1S/C22H33N5O/c1-24(2)12-6-13-26-16-11-23-21(26)18-9-14-27(15-10-18)22(28)19-7-5-8-20(17-19)25(3)4/h5,7-8,11,16-18H,6,9-10,12-15H2,1-4H3. The predicted molar refractivity (Wildman–Crippen MR) is 114 cm³/mol. The van der Waals surface area contributed by atoms with Gasteiger partial charge < -0.3 is 19.3 Å². The number of carbonyl (C=O) groups is 1. The molecule has 1 aromatic carbocycles. The lowest BCUT2D eigenvalue weighted by atomic mass is 9.95. The van der Waals surface area contributed by atoms with E-state index in [2.05, 4.69) is 34.7 Å². The van der Waals surface area contributed by atoms with Crippen molar-refractivity contribution in [3.8, 4) is 0 Å². The first-order valence-electron chi connectivity index (χ1n) is 10.2. The second-order valence-corrected chi connectivity index (χ2v) is 8.15. The number of carbonyl (C=O) groups excluding carboxylic acids is 1. The fourth-order valence-electron chi connectivity index (χ4n) is 3.87. The molecule has 0 radical (unpaired) electrons. The van der Waals surface area contributed by atoms with Crippen molar-refractivity contribution in [2.24, 2.45) is 0 Å². The summed E-state index contributed by atoms with van der Waals surface area (Å²) < 4.78 is 2.30. The van der Waals surface area contributed by atoms with Crippen molar-refractivity contribution >= 4 is 11.6 Å². The summed E-state index contributed by atoms with van der Waals surface area (Å²) in [6, 6.07) is 7.88. The van der Waals surface area contributed by atoms with Gasteiger partial charge in [-0.25, -0.2) is 4.98 Å². The molecule has 28 heavy (non-hydrogen) atoms. The van der Waals surface area contributed by atoms with Crippen LogP contribution >= 0.6 is 0 Å². The zero-order valence-electron chi connectivity index (χ0n) is 17.6. The fraction of sp³-hybridized carbons (Fsp3) is 0.545. The van der Waals surface area contributed by atoms with E-state index >= 15 is 0 Å². The van der Waals surface area contributed by atoms with Crippen LogP contribution in [0.2, 0.25) is 0 Å². The topological polar surface area (TPSA) is 44.6 Å². The van der Waals surface area contributed by atoms with Crippen LogP contribution in [0, 0.1) is 0 Å². The van der Waals surface area contributed by atoms with E-state index in [-0.39, 0.29) is 5.91 Å². The summed E-state index contributed by atoms with van der Waals surface area (Å²) in [4.78, 5) is 23.8. The molecule has 1 saturated heterocycles. The van der Waals surface area contributed by atoms with Crippen molar-refractivity contribution in [3.05, 3.63) is 48.0 Å². The number of benzene rings is 1. The van der Waals surface area contributed by atoms with Crippen molar-refractivity contribution in [1.82, 2.24) is 19.4 Å². The quantitative estimate of drug-likeness (QED) is 0.737. The molecule has 0 saturated carbocycles. The van der Waals surface area contributed by atoms with Crippen LogP contribution in [0.1, 0.15) is 41.4 Å². The molecular weight excluding hydrogens is 350 g/mol. The van der Waals surface area contributed by atoms with E-state index in [1.165, 1.54) is 5.82 Å². The Balaban J connectivity index is 1.58. The second kappa shape index (κ2) is 9.24. The van der Waals surface area contributed by atoms with Gasteiger partial charge in [0.1, 0.15) is 5.82 Å². The van der Waals surface area contributed by atoms with E-state index < -0.39 is 0 Å². The van der Waals surface area contributed by atoms with Gasteiger partial charge in [-0.15, -0.1) is 0 Å². The molecule has 0 spiro atoms. The summed E-state index contributed by atoms with van der Waals surface area (Å²) in [5.41, 5.74) is 1.83. The van der Waals surface area contributed by atoms with Gasteiger partial charge in [0.2, 0.25) is 0 Å². The van der Waals surface area contributed by atoms with Gasteiger partial charge in [0.05, 0.1) is 0 Å². The molecule has 1 aromatic heterocycles. The van der Waals surface area contributed by atoms with Crippen LogP contribution in [0.4, 0.5) is 5.69 Å². The molecule has 0 aliphatic carbocycles. The van der Waals surface area contributed by atoms with Crippen molar-refractivity contribution in [2.45, 2.75) is 31.7 Å². The van der Waals surface area contributed by atoms with Crippen molar-refractivity contribution in [1.29, 1.82) is 0 Å². The number of likely N-dealkylation sites (tertiary alicyclic amines) is 1. The van der Waals surface area contributed by atoms with Gasteiger partial charge in [-0.1, -0.05) is 6.07 Å². The molecular formula is C22H33N5O. The van der Waals surface area contributed by atoms with Crippen molar-refractivity contribution in [3.63, 3.8) is 0 Å². The number of aryl methyl sites for hydroxylation is 1. The third-order valence-electron chi connectivity index (χ3n) is 5.51. The average molecular weight is 384 g/mol. The summed E-state index contributed by atoms with van der Waals surface area (Å²) in [5.74, 6) is 1.75. The molecule has 2 aromatic rings. The number of amides is 1. The van der Waals surface area contributed by atoms with Gasteiger partial charge in [-0.3, -0.25) is 4.79 Å². The van der Waals surface area contributed by atoms with Crippen molar-refractivity contribution in [2.75, 3.05) is 52.7 Å². The van der Waals surface area contributed by atoms with Gasteiger partial charge in [-0.2, -0.15) is 0 Å². The number of rotatable bonds is 7. The normalized spacial score (nSPS) is 15.2. The van der Waals surface area contributed by atoms with Crippen molar-refractivity contribution < 1.29 is 4.79 Å². The van der Waals surface area contributed by atoms with Crippen LogP contribution in [-0.4, -0.2) is 73.1 Å². The lowest BCUT2D eigenvalue weighted by molar-refractivity contribution is 0.0710. The van der Waals surface area contributed by atoms with E-state index in [0.717, 1.165) is 56.7 Å². The molecule has 0 atom stereocenters. The third kappa shape index (κ3) is 4.93. The number of imidazole rings is 1. The molecule has 6 heteroatoms. The van der Waals surface area contributed by atoms with E-state index in [1.54, 1.807) is 0 Å². The molecule has 1 fully saturated rings. The summed E-state index contributed by atoms with van der Waals surface area (Å²) in [6.07, 6.45) is 7.08. The highest BCUT2D eigenvalue weighted by atomic mass is 16.2. The minimum atomic E-state index is 0.136. The summed E-state index contributed by atoms with van der Waals surface area (Å²) in [6.45, 7) is 3.67. The first-order valence-corrected chi connectivity index (χ1v) is 10.2. The molecule has 1 aliphatic heterocycles. The molecule has 0 N–H and O–H groups in total. The number of nitrogens with zero attached hydrogens (tertiary/aromatic N) is 5. The maximum Gasteiger partial charge on any atom is 0.253 e. The van der Waals surface area contributed by atoms with Crippen LogP contribution in [0.25, 0.3) is 0 Å². The second-order valence-electron chi connectivity index (χ2n) is 8.15. The Morgan fingerprint density at radius 2 is 1.93 bits per heavy atom. The number of hydrogen-bond acceptors (Lipinski definition) is 4. The fourth-order valence-corrected chi connectivity index (χ4v) is 3.87. The monoisotopic (exact) mass is 383 g/mol. The van der Waals surface area contributed by atoms with Gasteiger partial charge in [0.25, 0.3) is 5.91 Å². The van der Waals surface area contributed by atoms with Gasteiger partial charge in [0, 0.05) is 63.3 Å². The number of anilines is 1. The van der Waals surface area contributed by atoms with E-state index in [1.807, 2.05) is 54.4 Å². The summed E-state index contributed by atoms with van der Waals surface area (Å²) in [7, 11) is 8.21. The first-order chi connectivity index (χ1) is 13.5. The Kier molecular flexibility index (Phi) is 6.73. The highest BCUT2D eigenvalue weighted by Gasteiger charge is 2.27. The Labute approximate surface area is 168 Å². The zero-order chi connectivity index (χ0) is 20.1.